The SMILES string of the molecule is Cc1cc(/C=C/C(=O)O)c2c(c1)CC(NS(=O)(=O)c1ccc(Cl)cc1)CC2. The van der Waals surface area contributed by atoms with Crippen molar-refractivity contribution in [3.8, 4) is 0 Å². The molecule has 0 heterocycles. The van der Waals surface area contributed by atoms with Crippen LogP contribution in [0.25, 0.3) is 6.08 Å². The lowest BCUT2D eigenvalue weighted by Gasteiger charge is -2.27. The Hall–Kier alpha value is -2.15. The van der Waals surface area contributed by atoms with Crippen molar-refractivity contribution in [2.45, 2.75) is 37.1 Å². The van der Waals surface area contributed by atoms with Gasteiger partial charge in [-0.05, 0) is 73.2 Å². The molecule has 27 heavy (non-hydrogen) atoms. The lowest BCUT2D eigenvalue weighted by Crippen LogP contribution is -2.39. The lowest BCUT2D eigenvalue weighted by molar-refractivity contribution is -0.131. The quantitative estimate of drug-likeness (QED) is 0.744. The van der Waals surface area contributed by atoms with Crippen molar-refractivity contribution in [2.75, 3.05) is 0 Å². The van der Waals surface area contributed by atoms with Crippen LogP contribution in [0, 0.1) is 6.92 Å². The summed E-state index contributed by atoms with van der Waals surface area (Å²) in [6.07, 6.45) is 4.63. The highest BCUT2D eigenvalue weighted by molar-refractivity contribution is 7.89. The summed E-state index contributed by atoms with van der Waals surface area (Å²) in [6.45, 7) is 1.94. The molecule has 0 aliphatic heterocycles. The van der Waals surface area contributed by atoms with Gasteiger partial charge in [0.05, 0.1) is 4.90 Å². The number of halogens is 1. The molecule has 0 radical (unpaired) electrons. The van der Waals surface area contributed by atoms with Crippen LogP contribution < -0.4 is 4.72 Å². The number of hydrogen-bond donors (Lipinski definition) is 2. The average molecular weight is 406 g/mol. The van der Waals surface area contributed by atoms with Crippen LogP contribution in [0.2, 0.25) is 5.02 Å². The van der Waals surface area contributed by atoms with E-state index in [1.807, 2.05) is 19.1 Å². The molecule has 2 N–H and O–H groups in total. The fourth-order valence-corrected chi connectivity index (χ4v) is 4.80. The second-order valence-electron chi connectivity index (χ2n) is 6.68. The number of fused-ring (bicyclic) bond motifs is 1. The molecule has 0 amide bonds. The first kappa shape index (κ1) is 19.6. The van der Waals surface area contributed by atoms with Crippen molar-refractivity contribution >= 4 is 33.7 Å². The molecule has 0 fully saturated rings. The van der Waals surface area contributed by atoms with Gasteiger partial charge in [-0.2, -0.15) is 0 Å². The standard InChI is InChI=1S/C20H20ClNO4S/c1-13-10-14(2-9-20(23)24)19-8-5-17(12-15(19)11-13)22-27(25,26)18-6-3-16(21)4-7-18/h2-4,6-7,9-11,17,22H,5,8,12H2,1H3,(H,23,24)/b9-2+. The number of carbonyl (C=O) groups is 1. The van der Waals surface area contributed by atoms with E-state index in [0.29, 0.717) is 24.3 Å². The Morgan fingerprint density at radius 3 is 2.63 bits per heavy atom. The number of carboxylic acid groups (broad SMARTS) is 1. The topological polar surface area (TPSA) is 83.5 Å². The highest BCUT2D eigenvalue weighted by Gasteiger charge is 2.25. The predicted molar refractivity (Wildman–Crippen MR) is 105 cm³/mol. The van der Waals surface area contributed by atoms with Crippen molar-refractivity contribution in [3.63, 3.8) is 0 Å². The smallest absolute Gasteiger partial charge is 0.328 e. The minimum absolute atomic E-state index is 0.187. The number of carboxylic acids is 1. The van der Waals surface area contributed by atoms with E-state index in [1.54, 1.807) is 18.2 Å². The fourth-order valence-electron chi connectivity index (χ4n) is 3.41. The van der Waals surface area contributed by atoms with Crippen LogP contribution in [0.3, 0.4) is 0 Å². The summed E-state index contributed by atoms with van der Waals surface area (Å²) < 4.78 is 28.0. The van der Waals surface area contributed by atoms with Gasteiger partial charge in [-0.3, -0.25) is 0 Å². The third-order valence-corrected chi connectivity index (χ3v) is 6.37. The number of sulfonamides is 1. The van der Waals surface area contributed by atoms with Crippen molar-refractivity contribution in [2.24, 2.45) is 0 Å². The highest BCUT2D eigenvalue weighted by atomic mass is 35.5. The molecule has 0 aromatic heterocycles. The normalized spacial score (nSPS) is 17.0. The van der Waals surface area contributed by atoms with Crippen molar-refractivity contribution < 1.29 is 18.3 Å². The molecule has 0 saturated heterocycles. The summed E-state index contributed by atoms with van der Waals surface area (Å²) in [5.41, 5.74) is 4.03. The molecule has 2 aromatic rings. The van der Waals surface area contributed by atoms with Gasteiger partial charge in [0.1, 0.15) is 0 Å². The zero-order chi connectivity index (χ0) is 19.6. The largest absolute Gasteiger partial charge is 0.478 e. The molecule has 0 saturated carbocycles. The third kappa shape index (κ3) is 4.77. The summed E-state index contributed by atoms with van der Waals surface area (Å²) in [5, 5.41) is 9.36. The molecule has 1 aliphatic rings. The van der Waals surface area contributed by atoms with Crippen LogP contribution in [0.15, 0.2) is 47.4 Å². The van der Waals surface area contributed by atoms with Gasteiger partial charge in [0.2, 0.25) is 10.0 Å². The Morgan fingerprint density at radius 1 is 1.26 bits per heavy atom. The number of benzene rings is 2. The van der Waals surface area contributed by atoms with Crippen molar-refractivity contribution in [3.05, 3.63) is 69.8 Å². The molecule has 1 atom stereocenters. The van der Waals surface area contributed by atoms with Crippen LogP contribution in [-0.2, 0) is 27.7 Å². The van der Waals surface area contributed by atoms with Gasteiger partial charge in [0.15, 0.2) is 0 Å². The average Bonchev–Trinajstić information content (AvgIpc) is 2.59. The number of aliphatic carboxylic acids is 1. The molecule has 0 spiro atoms. The maximum Gasteiger partial charge on any atom is 0.328 e. The zero-order valence-electron chi connectivity index (χ0n) is 14.8. The molecule has 142 valence electrons. The molecular weight excluding hydrogens is 386 g/mol. The first-order valence-electron chi connectivity index (χ1n) is 8.56. The van der Waals surface area contributed by atoms with Gasteiger partial charge < -0.3 is 5.11 Å². The Balaban J connectivity index is 1.82. The van der Waals surface area contributed by atoms with E-state index in [9.17, 15) is 13.2 Å². The van der Waals surface area contributed by atoms with Crippen LogP contribution in [0.5, 0.6) is 0 Å². The van der Waals surface area contributed by atoms with Crippen molar-refractivity contribution in [1.29, 1.82) is 0 Å². The van der Waals surface area contributed by atoms with Crippen molar-refractivity contribution in [1.82, 2.24) is 4.72 Å². The Kier molecular flexibility index (Phi) is 5.69. The molecule has 3 rings (SSSR count). The molecule has 1 unspecified atom stereocenters. The van der Waals surface area contributed by atoms with Crippen LogP contribution in [-0.4, -0.2) is 25.5 Å². The molecular formula is C20H20ClNO4S. The number of hydrogen-bond acceptors (Lipinski definition) is 3. The first-order chi connectivity index (χ1) is 12.7. The van der Waals surface area contributed by atoms with Gasteiger partial charge in [-0.1, -0.05) is 29.3 Å². The van der Waals surface area contributed by atoms with E-state index in [1.165, 1.54) is 12.1 Å². The van der Waals surface area contributed by atoms with E-state index in [4.69, 9.17) is 16.7 Å². The summed E-state index contributed by atoms with van der Waals surface area (Å²) in [4.78, 5) is 11.0. The third-order valence-electron chi connectivity index (χ3n) is 4.58. The first-order valence-corrected chi connectivity index (χ1v) is 10.4. The Bertz CT molecular complexity index is 997. The monoisotopic (exact) mass is 405 g/mol. The van der Waals surface area contributed by atoms with E-state index in [2.05, 4.69) is 4.72 Å². The van der Waals surface area contributed by atoms with Crippen LogP contribution >= 0.6 is 11.6 Å². The van der Waals surface area contributed by atoms with E-state index in [-0.39, 0.29) is 10.9 Å². The summed E-state index contributed by atoms with van der Waals surface area (Å²) in [7, 11) is -3.62. The Morgan fingerprint density at radius 2 is 1.96 bits per heavy atom. The van der Waals surface area contributed by atoms with E-state index >= 15 is 0 Å². The maximum atomic E-state index is 12.6. The summed E-state index contributed by atoms with van der Waals surface area (Å²) in [5.74, 6) is -0.991. The van der Waals surface area contributed by atoms with E-state index < -0.39 is 16.0 Å². The molecule has 1 aliphatic carbocycles. The fraction of sp³-hybridized carbons (Fsp3) is 0.250. The van der Waals surface area contributed by atoms with Gasteiger partial charge in [-0.15, -0.1) is 0 Å². The second kappa shape index (κ2) is 7.84. The minimum Gasteiger partial charge on any atom is -0.478 e. The lowest BCUT2D eigenvalue weighted by atomic mass is 9.84. The van der Waals surface area contributed by atoms with Gasteiger partial charge in [0.25, 0.3) is 0 Å². The zero-order valence-corrected chi connectivity index (χ0v) is 16.3. The molecule has 2 aromatic carbocycles. The summed E-state index contributed by atoms with van der Waals surface area (Å²) >= 11 is 5.83. The maximum absolute atomic E-state index is 12.6. The molecule has 5 nitrogen and oxygen atoms in total. The highest BCUT2D eigenvalue weighted by Crippen LogP contribution is 2.28. The van der Waals surface area contributed by atoms with Gasteiger partial charge >= 0.3 is 5.97 Å². The minimum atomic E-state index is -3.62. The number of aryl methyl sites for hydroxylation is 1. The van der Waals surface area contributed by atoms with Crippen LogP contribution in [0.1, 0.15) is 28.7 Å². The Labute approximate surface area is 163 Å². The second-order valence-corrected chi connectivity index (χ2v) is 8.83. The molecule has 0 bridgehead atoms. The van der Waals surface area contributed by atoms with Crippen LogP contribution in [0.4, 0.5) is 0 Å². The van der Waals surface area contributed by atoms with Gasteiger partial charge in [0, 0.05) is 17.1 Å². The van der Waals surface area contributed by atoms with Gasteiger partial charge in [-0.25, -0.2) is 17.9 Å². The number of rotatable bonds is 5. The van der Waals surface area contributed by atoms with E-state index in [0.717, 1.165) is 28.3 Å². The number of nitrogens with one attached hydrogen (secondary N) is 1. The molecule has 7 heteroatoms. The predicted octanol–water partition coefficient (Wildman–Crippen LogP) is 3.58. The summed E-state index contributed by atoms with van der Waals surface area (Å²) in [6, 6.07) is 9.86.